The molecule has 1 unspecified atom stereocenters. The number of nitrogens with one attached hydrogen (secondary N) is 1. The number of thioether (sulfide) groups is 1. The molecule has 0 radical (unpaired) electrons. The van der Waals surface area contributed by atoms with Gasteiger partial charge in [-0.1, -0.05) is 6.07 Å². The van der Waals surface area contributed by atoms with Crippen LogP contribution in [0.15, 0.2) is 18.2 Å². The second-order valence-electron chi connectivity index (χ2n) is 4.05. The van der Waals surface area contributed by atoms with Gasteiger partial charge in [0.05, 0.1) is 0 Å². The molecule has 0 fully saturated rings. The SMILES string of the molecule is CSCCCCNC(C)c1ccc(F)c(F)c1. The van der Waals surface area contributed by atoms with E-state index in [-0.39, 0.29) is 6.04 Å². The topological polar surface area (TPSA) is 12.0 Å². The average Bonchev–Trinajstić information content (AvgIpc) is 2.32. The molecule has 4 heteroatoms. The zero-order valence-electron chi connectivity index (χ0n) is 10.3. The molecular formula is C13H19F2NS. The molecule has 96 valence electrons. The van der Waals surface area contributed by atoms with Crippen molar-refractivity contribution in [3.05, 3.63) is 35.4 Å². The maximum Gasteiger partial charge on any atom is 0.159 e. The fourth-order valence-electron chi connectivity index (χ4n) is 1.59. The van der Waals surface area contributed by atoms with Crippen molar-refractivity contribution in [1.29, 1.82) is 0 Å². The summed E-state index contributed by atoms with van der Waals surface area (Å²) in [6.45, 7) is 2.86. The number of hydrogen-bond donors (Lipinski definition) is 1. The van der Waals surface area contributed by atoms with E-state index in [4.69, 9.17) is 0 Å². The van der Waals surface area contributed by atoms with Gasteiger partial charge >= 0.3 is 0 Å². The molecule has 0 aromatic heterocycles. The van der Waals surface area contributed by atoms with Crippen LogP contribution in [0.5, 0.6) is 0 Å². The largest absolute Gasteiger partial charge is 0.310 e. The molecule has 1 nitrogen and oxygen atoms in total. The predicted octanol–water partition coefficient (Wildman–Crippen LogP) is 3.76. The van der Waals surface area contributed by atoms with E-state index in [1.807, 2.05) is 18.7 Å². The van der Waals surface area contributed by atoms with Gasteiger partial charge in [0.2, 0.25) is 0 Å². The Morgan fingerprint density at radius 3 is 2.65 bits per heavy atom. The molecule has 1 atom stereocenters. The Hall–Kier alpha value is -0.610. The Balaban J connectivity index is 2.36. The number of halogens is 2. The quantitative estimate of drug-likeness (QED) is 0.748. The summed E-state index contributed by atoms with van der Waals surface area (Å²) in [7, 11) is 0. The molecule has 0 aliphatic carbocycles. The summed E-state index contributed by atoms with van der Waals surface area (Å²) >= 11 is 1.84. The van der Waals surface area contributed by atoms with Gasteiger partial charge in [-0.3, -0.25) is 0 Å². The van der Waals surface area contributed by atoms with Gasteiger partial charge in [-0.15, -0.1) is 0 Å². The van der Waals surface area contributed by atoms with Crippen molar-refractivity contribution in [2.45, 2.75) is 25.8 Å². The molecule has 17 heavy (non-hydrogen) atoms. The van der Waals surface area contributed by atoms with Crippen molar-refractivity contribution >= 4 is 11.8 Å². The van der Waals surface area contributed by atoms with Crippen molar-refractivity contribution < 1.29 is 8.78 Å². The van der Waals surface area contributed by atoms with E-state index in [2.05, 4.69) is 11.6 Å². The van der Waals surface area contributed by atoms with Gasteiger partial charge in [-0.25, -0.2) is 8.78 Å². The van der Waals surface area contributed by atoms with Crippen LogP contribution in [-0.2, 0) is 0 Å². The van der Waals surface area contributed by atoms with Crippen molar-refractivity contribution in [1.82, 2.24) is 5.32 Å². The fraction of sp³-hybridized carbons (Fsp3) is 0.538. The lowest BCUT2D eigenvalue weighted by Crippen LogP contribution is -2.20. The molecule has 0 saturated heterocycles. The van der Waals surface area contributed by atoms with Gasteiger partial charge in [-0.2, -0.15) is 11.8 Å². The Bertz CT molecular complexity index is 344. The lowest BCUT2D eigenvalue weighted by atomic mass is 10.1. The highest BCUT2D eigenvalue weighted by atomic mass is 32.2. The first-order valence-electron chi connectivity index (χ1n) is 5.82. The van der Waals surface area contributed by atoms with Crippen molar-refractivity contribution in [3.8, 4) is 0 Å². The normalized spacial score (nSPS) is 12.7. The van der Waals surface area contributed by atoms with Crippen LogP contribution in [0.25, 0.3) is 0 Å². The molecule has 1 aromatic carbocycles. The molecule has 1 aromatic rings. The molecule has 0 bridgehead atoms. The van der Waals surface area contributed by atoms with Crippen LogP contribution in [0.3, 0.4) is 0 Å². The highest BCUT2D eigenvalue weighted by molar-refractivity contribution is 7.98. The van der Waals surface area contributed by atoms with E-state index in [0.29, 0.717) is 0 Å². The van der Waals surface area contributed by atoms with Crippen LogP contribution in [0.2, 0.25) is 0 Å². The molecular weight excluding hydrogens is 240 g/mol. The van der Waals surface area contributed by atoms with E-state index in [9.17, 15) is 8.78 Å². The average molecular weight is 259 g/mol. The summed E-state index contributed by atoms with van der Waals surface area (Å²) in [5.41, 5.74) is 0.786. The monoisotopic (exact) mass is 259 g/mol. The third kappa shape index (κ3) is 5.04. The summed E-state index contributed by atoms with van der Waals surface area (Å²) in [6.07, 6.45) is 4.38. The fourth-order valence-corrected chi connectivity index (χ4v) is 2.08. The highest BCUT2D eigenvalue weighted by Gasteiger charge is 2.08. The molecule has 0 saturated carbocycles. The lowest BCUT2D eigenvalue weighted by Gasteiger charge is -2.14. The van der Waals surface area contributed by atoms with E-state index in [0.717, 1.165) is 18.5 Å². The number of unbranched alkanes of at least 4 members (excludes halogenated alkanes) is 1. The number of benzene rings is 1. The standard InChI is InChI=1S/C13H19F2NS/c1-10(16-7-3-4-8-17-2)11-5-6-12(14)13(15)9-11/h5-6,9-10,16H,3-4,7-8H2,1-2H3. The molecule has 0 spiro atoms. The molecule has 0 aliphatic heterocycles. The van der Waals surface area contributed by atoms with E-state index >= 15 is 0 Å². The smallest absolute Gasteiger partial charge is 0.159 e. The zero-order chi connectivity index (χ0) is 12.7. The number of rotatable bonds is 7. The minimum Gasteiger partial charge on any atom is -0.310 e. The van der Waals surface area contributed by atoms with Crippen molar-refractivity contribution in [2.24, 2.45) is 0 Å². The summed E-state index contributed by atoms with van der Waals surface area (Å²) in [5.74, 6) is -0.402. The van der Waals surface area contributed by atoms with Gasteiger partial charge in [0.1, 0.15) is 0 Å². The van der Waals surface area contributed by atoms with Gasteiger partial charge in [-0.05, 0) is 56.0 Å². The number of hydrogen-bond acceptors (Lipinski definition) is 2. The zero-order valence-corrected chi connectivity index (χ0v) is 11.1. The van der Waals surface area contributed by atoms with Crippen LogP contribution in [-0.4, -0.2) is 18.6 Å². The summed E-state index contributed by atoms with van der Waals surface area (Å²) in [4.78, 5) is 0. The van der Waals surface area contributed by atoms with E-state index in [1.54, 1.807) is 6.07 Å². The van der Waals surface area contributed by atoms with Gasteiger partial charge in [0.25, 0.3) is 0 Å². The van der Waals surface area contributed by atoms with Crippen molar-refractivity contribution in [3.63, 3.8) is 0 Å². The summed E-state index contributed by atoms with van der Waals surface area (Å²) in [6, 6.07) is 4.11. The van der Waals surface area contributed by atoms with Gasteiger partial charge in [0, 0.05) is 6.04 Å². The minimum absolute atomic E-state index is 0.0550. The van der Waals surface area contributed by atoms with Gasteiger partial charge in [0.15, 0.2) is 11.6 Å². The molecule has 0 aliphatic rings. The first kappa shape index (κ1) is 14.5. The van der Waals surface area contributed by atoms with Gasteiger partial charge < -0.3 is 5.32 Å². The molecule has 1 rings (SSSR count). The van der Waals surface area contributed by atoms with Crippen LogP contribution >= 0.6 is 11.8 Å². The van der Waals surface area contributed by atoms with E-state index < -0.39 is 11.6 Å². The van der Waals surface area contributed by atoms with Crippen LogP contribution in [0, 0.1) is 11.6 Å². The molecule has 1 N–H and O–H groups in total. The third-order valence-corrected chi connectivity index (χ3v) is 3.37. The summed E-state index contributed by atoms with van der Waals surface area (Å²) in [5, 5.41) is 3.31. The first-order chi connectivity index (χ1) is 8.15. The Kier molecular flexibility index (Phi) is 6.52. The Labute approximate surface area is 106 Å². The lowest BCUT2D eigenvalue weighted by molar-refractivity contribution is 0.499. The van der Waals surface area contributed by atoms with Crippen molar-refractivity contribution in [2.75, 3.05) is 18.6 Å². The van der Waals surface area contributed by atoms with Crippen LogP contribution in [0.1, 0.15) is 31.4 Å². The predicted molar refractivity (Wildman–Crippen MR) is 70.4 cm³/mol. The minimum atomic E-state index is -0.791. The highest BCUT2D eigenvalue weighted by Crippen LogP contribution is 2.15. The maximum absolute atomic E-state index is 13.0. The second-order valence-corrected chi connectivity index (χ2v) is 5.03. The van der Waals surface area contributed by atoms with Crippen LogP contribution in [0.4, 0.5) is 8.78 Å². The summed E-state index contributed by atoms with van der Waals surface area (Å²) < 4.78 is 25.8. The third-order valence-electron chi connectivity index (χ3n) is 2.67. The second kappa shape index (κ2) is 7.67. The molecule has 0 amide bonds. The van der Waals surface area contributed by atoms with Crippen LogP contribution < -0.4 is 5.32 Å². The first-order valence-corrected chi connectivity index (χ1v) is 7.22. The van der Waals surface area contributed by atoms with E-state index in [1.165, 1.54) is 24.3 Å². The Morgan fingerprint density at radius 1 is 1.24 bits per heavy atom. The maximum atomic E-state index is 13.0. The molecule has 0 heterocycles. The Morgan fingerprint density at radius 2 is 2.00 bits per heavy atom.